The van der Waals surface area contributed by atoms with E-state index in [1.54, 1.807) is 0 Å². The highest BCUT2D eigenvalue weighted by Gasteiger charge is 2.22. The number of carbonyl (C=O) groups is 1. The molecule has 24 heavy (non-hydrogen) atoms. The quantitative estimate of drug-likeness (QED) is 0.773. The van der Waals surface area contributed by atoms with Gasteiger partial charge in [-0.1, -0.05) is 12.1 Å². The lowest BCUT2D eigenvalue weighted by Gasteiger charge is -2.13. The molecule has 2 aromatic carbocycles. The first-order valence-electron chi connectivity index (χ1n) is 6.91. The third kappa shape index (κ3) is 2.60. The van der Waals surface area contributed by atoms with E-state index in [1.165, 1.54) is 30.3 Å². The summed E-state index contributed by atoms with van der Waals surface area (Å²) in [6.45, 7) is -0.0538. The molecule has 3 aromatic rings. The van der Waals surface area contributed by atoms with Crippen LogP contribution in [-0.4, -0.2) is 20.7 Å². The van der Waals surface area contributed by atoms with Gasteiger partial charge in [0.05, 0.1) is 12.1 Å². The van der Waals surface area contributed by atoms with E-state index >= 15 is 0 Å². The van der Waals surface area contributed by atoms with Gasteiger partial charge in [0.25, 0.3) is 5.56 Å². The fraction of sp³-hybridized carbons (Fsp3) is 0.0588. The molecule has 0 amide bonds. The van der Waals surface area contributed by atoms with E-state index in [0.717, 1.165) is 16.7 Å². The second-order valence-electron chi connectivity index (χ2n) is 5.21. The van der Waals surface area contributed by atoms with E-state index in [9.17, 15) is 28.6 Å². The minimum absolute atomic E-state index is 0.0538. The van der Waals surface area contributed by atoms with Crippen LogP contribution in [-0.2, 0) is 6.54 Å². The maximum absolute atomic E-state index is 13.5. The SMILES string of the molecule is O=C(O)c1c(O)c2cc(F)ccc2n(Cc2ccc(F)cc2)c1=O. The van der Waals surface area contributed by atoms with Crippen LogP contribution in [0.5, 0.6) is 5.75 Å². The largest absolute Gasteiger partial charge is 0.506 e. The molecule has 3 rings (SSSR count). The highest BCUT2D eigenvalue weighted by molar-refractivity contribution is 5.98. The molecule has 0 aliphatic heterocycles. The molecular weight excluding hydrogens is 320 g/mol. The maximum atomic E-state index is 13.5. The van der Waals surface area contributed by atoms with Crippen LogP contribution in [0, 0.1) is 11.6 Å². The number of benzene rings is 2. The van der Waals surface area contributed by atoms with Crippen molar-refractivity contribution in [2.24, 2.45) is 0 Å². The molecule has 0 radical (unpaired) electrons. The monoisotopic (exact) mass is 331 g/mol. The number of pyridine rings is 1. The number of rotatable bonds is 3. The van der Waals surface area contributed by atoms with Crippen LogP contribution < -0.4 is 5.56 Å². The highest BCUT2D eigenvalue weighted by Crippen LogP contribution is 2.27. The van der Waals surface area contributed by atoms with Crippen LogP contribution in [0.2, 0.25) is 0 Å². The van der Waals surface area contributed by atoms with Gasteiger partial charge in [0.2, 0.25) is 0 Å². The van der Waals surface area contributed by atoms with Crippen molar-refractivity contribution in [3.05, 3.63) is 75.6 Å². The predicted octanol–water partition coefficient (Wildman–Crippen LogP) is 2.73. The molecular formula is C17H11F2NO4. The van der Waals surface area contributed by atoms with Crippen molar-refractivity contribution >= 4 is 16.9 Å². The molecule has 0 aliphatic rings. The first kappa shape index (κ1) is 15.7. The van der Waals surface area contributed by atoms with Gasteiger partial charge in [0.1, 0.15) is 17.4 Å². The summed E-state index contributed by atoms with van der Waals surface area (Å²) in [5, 5.41) is 19.1. The average Bonchev–Trinajstić information content (AvgIpc) is 2.53. The molecule has 5 nitrogen and oxygen atoms in total. The Labute approximate surface area is 134 Å². The summed E-state index contributed by atoms with van der Waals surface area (Å²) < 4.78 is 27.6. The van der Waals surface area contributed by atoms with Crippen molar-refractivity contribution in [1.82, 2.24) is 4.57 Å². The minimum atomic E-state index is -1.61. The van der Waals surface area contributed by atoms with Crippen LogP contribution in [0.4, 0.5) is 8.78 Å². The first-order valence-corrected chi connectivity index (χ1v) is 6.91. The summed E-state index contributed by atoms with van der Waals surface area (Å²) >= 11 is 0. The van der Waals surface area contributed by atoms with Crippen molar-refractivity contribution in [2.45, 2.75) is 6.54 Å². The Morgan fingerprint density at radius 3 is 2.29 bits per heavy atom. The smallest absolute Gasteiger partial charge is 0.345 e. The second kappa shape index (κ2) is 5.77. The number of hydrogen-bond acceptors (Lipinski definition) is 3. The van der Waals surface area contributed by atoms with E-state index in [4.69, 9.17) is 0 Å². The van der Waals surface area contributed by atoms with Gasteiger partial charge in [-0.2, -0.15) is 0 Å². The van der Waals surface area contributed by atoms with Crippen LogP contribution in [0.3, 0.4) is 0 Å². The summed E-state index contributed by atoms with van der Waals surface area (Å²) in [6.07, 6.45) is 0. The molecule has 0 fully saturated rings. The third-order valence-electron chi connectivity index (χ3n) is 3.67. The molecule has 1 aromatic heterocycles. The van der Waals surface area contributed by atoms with Gasteiger partial charge < -0.3 is 14.8 Å². The lowest BCUT2D eigenvalue weighted by Crippen LogP contribution is -2.27. The summed E-state index contributed by atoms with van der Waals surface area (Å²) in [7, 11) is 0. The summed E-state index contributed by atoms with van der Waals surface area (Å²) in [5.74, 6) is -3.52. The number of aromatic carboxylic acids is 1. The van der Waals surface area contributed by atoms with Crippen LogP contribution in [0.1, 0.15) is 15.9 Å². The topological polar surface area (TPSA) is 79.5 Å². The number of fused-ring (bicyclic) bond motifs is 1. The normalized spacial score (nSPS) is 10.9. The Hall–Kier alpha value is -3.22. The predicted molar refractivity (Wildman–Crippen MR) is 82.3 cm³/mol. The zero-order chi connectivity index (χ0) is 17.4. The number of nitrogens with zero attached hydrogens (tertiary/aromatic N) is 1. The number of carboxylic acids is 1. The number of halogens is 2. The van der Waals surface area contributed by atoms with Crippen LogP contribution in [0.25, 0.3) is 10.9 Å². The molecule has 0 aliphatic carbocycles. The van der Waals surface area contributed by atoms with Crippen molar-refractivity contribution in [3.63, 3.8) is 0 Å². The van der Waals surface area contributed by atoms with Crippen molar-refractivity contribution in [3.8, 4) is 5.75 Å². The van der Waals surface area contributed by atoms with E-state index in [0.29, 0.717) is 5.56 Å². The van der Waals surface area contributed by atoms with E-state index in [-0.39, 0.29) is 17.4 Å². The average molecular weight is 331 g/mol. The van der Waals surface area contributed by atoms with Gasteiger partial charge in [0, 0.05) is 5.39 Å². The van der Waals surface area contributed by atoms with E-state index in [2.05, 4.69) is 0 Å². The first-order chi connectivity index (χ1) is 11.4. The van der Waals surface area contributed by atoms with Gasteiger partial charge in [-0.05, 0) is 35.9 Å². The number of aromatic hydroxyl groups is 1. The Morgan fingerprint density at radius 2 is 1.67 bits per heavy atom. The van der Waals surface area contributed by atoms with E-state index < -0.39 is 34.5 Å². The summed E-state index contributed by atoms with van der Waals surface area (Å²) in [6, 6.07) is 8.65. The molecule has 0 bridgehead atoms. The molecule has 0 saturated heterocycles. The number of carboxylic acid groups (broad SMARTS) is 1. The summed E-state index contributed by atoms with van der Waals surface area (Å²) in [4.78, 5) is 23.8. The van der Waals surface area contributed by atoms with Crippen LogP contribution in [0.15, 0.2) is 47.3 Å². The molecule has 7 heteroatoms. The lowest BCUT2D eigenvalue weighted by molar-refractivity contribution is 0.0691. The van der Waals surface area contributed by atoms with Crippen LogP contribution >= 0.6 is 0 Å². The maximum Gasteiger partial charge on any atom is 0.345 e. The number of aromatic nitrogens is 1. The van der Waals surface area contributed by atoms with Gasteiger partial charge in [-0.15, -0.1) is 0 Å². The molecule has 0 atom stereocenters. The fourth-order valence-electron chi connectivity index (χ4n) is 2.54. The van der Waals surface area contributed by atoms with Crippen molar-refractivity contribution in [2.75, 3.05) is 0 Å². The lowest BCUT2D eigenvalue weighted by atomic mass is 10.1. The van der Waals surface area contributed by atoms with Crippen molar-refractivity contribution in [1.29, 1.82) is 0 Å². The Bertz CT molecular complexity index is 1010. The number of hydrogen-bond donors (Lipinski definition) is 2. The summed E-state index contributed by atoms with van der Waals surface area (Å²) in [5.41, 5.74) is -1.04. The third-order valence-corrected chi connectivity index (χ3v) is 3.67. The molecule has 0 spiro atoms. The second-order valence-corrected chi connectivity index (χ2v) is 5.21. The molecule has 2 N–H and O–H groups in total. The van der Waals surface area contributed by atoms with Gasteiger partial charge in [0.15, 0.2) is 5.56 Å². The van der Waals surface area contributed by atoms with Gasteiger partial charge in [-0.25, -0.2) is 13.6 Å². The Kier molecular flexibility index (Phi) is 3.76. The molecule has 0 unspecified atom stereocenters. The standard InChI is InChI=1S/C17H11F2NO4/c18-10-3-1-9(2-4-10)8-20-13-6-5-11(19)7-12(13)15(21)14(16(20)22)17(23)24/h1-7,21H,8H2,(H,23,24). The van der Waals surface area contributed by atoms with E-state index in [1.807, 2.05) is 0 Å². The fourth-order valence-corrected chi connectivity index (χ4v) is 2.54. The zero-order valence-electron chi connectivity index (χ0n) is 12.2. The van der Waals surface area contributed by atoms with Crippen molar-refractivity contribution < 1.29 is 23.8 Å². The Morgan fingerprint density at radius 1 is 1.04 bits per heavy atom. The minimum Gasteiger partial charge on any atom is -0.506 e. The molecule has 0 saturated carbocycles. The molecule has 1 heterocycles. The highest BCUT2D eigenvalue weighted by atomic mass is 19.1. The van der Waals surface area contributed by atoms with Gasteiger partial charge >= 0.3 is 5.97 Å². The Balaban J connectivity index is 2.31. The van der Waals surface area contributed by atoms with Gasteiger partial charge in [-0.3, -0.25) is 4.79 Å². The molecule has 122 valence electrons. The zero-order valence-corrected chi connectivity index (χ0v) is 12.2.